The number of hydrogen-bond acceptors (Lipinski definition) is 5. The number of nitrogen functional groups attached to an aromatic ring is 1. The van der Waals surface area contributed by atoms with Crippen LogP contribution >= 0.6 is 0 Å². The molecule has 1 saturated heterocycles. The molecule has 1 fully saturated rings. The van der Waals surface area contributed by atoms with Gasteiger partial charge in [-0.25, -0.2) is 13.4 Å². The first-order valence-electron chi connectivity index (χ1n) is 7.21. The normalized spacial score (nSPS) is 23.9. The van der Waals surface area contributed by atoms with Crippen molar-refractivity contribution in [3.63, 3.8) is 0 Å². The average molecular weight is 308 g/mol. The molecule has 114 valence electrons. The first-order valence-corrected chi connectivity index (χ1v) is 9.04. The lowest BCUT2D eigenvalue weighted by Gasteiger charge is -2.35. The zero-order valence-electron chi connectivity index (χ0n) is 12.1. The van der Waals surface area contributed by atoms with E-state index in [1.165, 1.54) is 5.56 Å². The van der Waals surface area contributed by atoms with E-state index in [0.29, 0.717) is 17.9 Å². The number of nitrogens with one attached hydrogen (secondary N) is 1. The van der Waals surface area contributed by atoms with Crippen molar-refractivity contribution in [2.75, 3.05) is 23.0 Å². The Kier molecular flexibility index (Phi) is 3.39. The summed E-state index contributed by atoms with van der Waals surface area (Å²) in [6.07, 6.45) is 3.00. The van der Waals surface area contributed by atoms with Crippen LogP contribution in [-0.2, 0) is 22.7 Å². The van der Waals surface area contributed by atoms with Crippen molar-refractivity contribution in [1.82, 2.24) is 4.98 Å². The van der Waals surface area contributed by atoms with Gasteiger partial charge < -0.3 is 10.6 Å². The maximum absolute atomic E-state index is 11.7. The van der Waals surface area contributed by atoms with Crippen LogP contribution in [0.3, 0.4) is 0 Å². The molecule has 2 aliphatic rings. The molecule has 3 rings (SSSR count). The summed E-state index contributed by atoms with van der Waals surface area (Å²) >= 11 is 0. The lowest BCUT2D eigenvalue weighted by Crippen LogP contribution is -2.48. The van der Waals surface area contributed by atoms with Gasteiger partial charge in [-0.1, -0.05) is 0 Å². The Hall–Kier alpha value is -1.63. The Morgan fingerprint density at radius 3 is 2.90 bits per heavy atom. The second kappa shape index (κ2) is 4.98. The molecule has 6 nitrogen and oxygen atoms in total. The first-order chi connectivity index (χ1) is 9.87. The van der Waals surface area contributed by atoms with E-state index in [1.54, 1.807) is 0 Å². The monoisotopic (exact) mass is 308 g/mol. The van der Waals surface area contributed by atoms with Gasteiger partial charge in [0.25, 0.3) is 0 Å². The fraction of sp³-hybridized carbons (Fsp3) is 0.571. The Morgan fingerprint density at radius 2 is 2.24 bits per heavy atom. The number of amidine groups is 1. The Balaban J connectivity index is 2.03. The van der Waals surface area contributed by atoms with Gasteiger partial charge in [-0.15, -0.1) is 0 Å². The number of aryl methyl sites for hydroxylation is 2. The van der Waals surface area contributed by atoms with Crippen molar-refractivity contribution in [1.29, 1.82) is 5.41 Å². The summed E-state index contributed by atoms with van der Waals surface area (Å²) in [5.41, 5.74) is 8.57. The highest BCUT2D eigenvalue weighted by Crippen LogP contribution is 2.29. The quantitative estimate of drug-likeness (QED) is 0.611. The standard InChI is InChI=1S/C14H20N4O2S/c1-9-8-21(19,20)6-5-18(9)14-11(13(15)16)7-10-3-2-4-12(10)17-14/h7,9H,2-6,8H2,1H3,(H3,15,16). The van der Waals surface area contributed by atoms with E-state index in [2.05, 4.69) is 0 Å². The van der Waals surface area contributed by atoms with Gasteiger partial charge in [0.05, 0.1) is 17.1 Å². The predicted octanol–water partition coefficient (Wildman–Crippen LogP) is 0.478. The summed E-state index contributed by atoms with van der Waals surface area (Å²) in [4.78, 5) is 6.69. The van der Waals surface area contributed by atoms with Crippen LogP contribution in [0.25, 0.3) is 0 Å². The van der Waals surface area contributed by atoms with E-state index in [4.69, 9.17) is 16.1 Å². The van der Waals surface area contributed by atoms with Crippen LogP contribution in [0.2, 0.25) is 0 Å². The first kappa shape index (κ1) is 14.3. The molecule has 0 radical (unpaired) electrons. The Morgan fingerprint density at radius 1 is 1.48 bits per heavy atom. The second-order valence-electron chi connectivity index (χ2n) is 5.89. The van der Waals surface area contributed by atoms with Crippen LogP contribution in [0.5, 0.6) is 0 Å². The Bertz CT molecular complexity index is 699. The second-order valence-corrected chi connectivity index (χ2v) is 8.12. The van der Waals surface area contributed by atoms with Gasteiger partial charge in [0, 0.05) is 18.3 Å². The SMILES string of the molecule is CC1CS(=O)(=O)CCN1c1nc2c(cc1C(=N)N)CCC2. The third-order valence-electron chi connectivity index (χ3n) is 4.26. The average Bonchev–Trinajstić information content (AvgIpc) is 2.83. The van der Waals surface area contributed by atoms with E-state index in [9.17, 15) is 8.42 Å². The number of rotatable bonds is 2. The summed E-state index contributed by atoms with van der Waals surface area (Å²) < 4.78 is 23.5. The number of aromatic nitrogens is 1. The number of nitrogens with two attached hydrogens (primary N) is 1. The van der Waals surface area contributed by atoms with Gasteiger partial charge in [-0.05, 0) is 37.8 Å². The smallest absolute Gasteiger partial charge is 0.154 e. The highest BCUT2D eigenvalue weighted by Gasteiger charge is 2.31. The van der Waals surface area contributed by atoms with Crippen molar-refractivity contribution in [3.8, 4) is 0 Å². The highest BCUT2D eigenvalue weighted by molar-refractivity contribution is 7.91. The van der Waals surface area contributed by atoms with E-state index in [1.807, 2.05) is 17.9 Å². The Labute approximate surface area is 124 Å². The molecule has 2 heterocycles. The summed E-state index contributed by atoms with van der Waals surface area (Å²) in [5, 5.41) is 7.79. The summed E-state index contributed by atoms with van der Waals surface area (Å²) in [6, 6.07) is 1.82. The van der Waals surface area contributed by atoms with Crippen LogP contribution in [0.4, 0.5) is 5.82 Å². The lowest BCUT2D eigenvalue weighted by molar-refractivity contribution is 0.566. The molecule has 0 saturated carbocycles. The van der Waals surface area contributed by atoms with Crippen LogP contribution < -0.4 is 10.6 Å². The molecule has 1 unspecified atom stereocenters. The predicted molar refractivity (Wildman–Crippen MR) is 82.7 cm³/mol. The van der Waals surface area contributed by atoms with E-state index in [0.717, 1.165) is 25.0 Å². The van der Waals surface area contributed by atoms with E-state index >= 15 is 0 Å². The maximum Gasteiger partial charge on any atom is 0.154 e. The molecular weight excluding hydrogens is 288 g/mol. The van der Waals surface area contributed by atoms with Crippen molar-refractivity contribution < 1.29 is 8.42 Å². The fourth-order valence-corrected chi connectivity index (χ4v) is 4.75. The largest absolute Gasteiger partial charge is 0.384 e. The summed E-state index contributed by atoms with van der Waals surface area (Å²) in [6.45, 7) is 2.30. The van der Waals surface area contributed by atoms with Gasteiger partial charge in [-0.2, -0.15) is 0 Å². The summed E-state index contributed by atoms with van der Waals surface area (Å²) in [5.74, 6) is 0.926. The van der Waals surface area contributed by atoms with Gasteiger partial charge in [0.15, 0.2) is 9.84 Å². The van der Waals surface area contributed by atoms with Crippen LogP contribution in [0.1, 0.15) is 30.2 Å². The van der Waals surface area contributed by atoms with Crippen molar-refractivity contribution in [2.24, 2.45) is 5.73 Å². The minimum atomic E-state index is -2.97. The highest BCUT2D eigenvalue weighted by atomic mass is 32.2. The molecule has 0 bridgehead atoms. The zero-order valence-corrected chi connectivity index (χ0v) is 12.9. The third kappa shape index (κ3) is 2.62. The van der Waals surface area contributed by atoms with E-state index < -0.39 is 9.84 Å². The molecule has 1 aliphatic carbocycles. The molecule has 1 aliphatic heterocycles. The summed E-state index contributed by atoms with van der Waals surface area (Å²) in [7, 11) is -2.97. The third-order valence-corrected chi connectivity index (χ3v) is 6.06. The number of anilines is 1. The number of hydrogen-bond donors (Lipinski definition) is 2. The van der Waals surface area contributed by atoms with Gasteiger partial charge >= 0.3 is 0 Å². The zero-order chi connectivity index (χ0) is 15.2. The lowest BCUT2D eigenvalue weighted by atomic mass is 10.1. The van der Waals surface area contributed by atoms with Gasteiger partial charge in [0.1, 0.15) is 11.7 Å². The van der Waals surface area contributed by atoms with Crippen LogP contribution in [0, 0.1) is 5.41 Å². The minimum Gasteiger partial charge on any atom is -0.384 e. The van der Waals surface area contributed by atoms with Crippen molar-refractivity contribution in [2.45, 2.75) is 32.2 Å². The molecule has 1 aromatic heterocycles. The van der Waals surface area contributed by atoms with Crippen LogP contribution in [0.15, 0.2) is 6.07 Å². The van der Waals surface area contributed by atoms with Gasteiger partial charge in [-0.3, -0.25) is 5.41 Å². The fourth-order valence-electron chi connectivity index (χ4n) is 3.19. The maximum atomic E-state index is 11.7. The number of fused-ring (bicyclic) bond motifs is 1. The van der Waals surface area contributed by atoms with Gasteiger partial charge in [0.2, 0.25) is 0 Å². The minimum absolute atomic E-state index is 0.00664. The molecule has 3 N–H and O–H groups in total. The molecule has 0 aromatic carbocycles. The van der Waals surface area contributed by atoms with E-state index in [-0.39, 0.29) is 23.4 Å². The van der Waals surface area contributed by atoms with Crippen molar-refractivity contribution >= 4 is 21.5 Å². The molecule has 1 aromatic rings. The number of pyridine rings is 1. The number of sulfone groups is 1. The topological polar surface area (TPSA) is 100 Å². The molecule has 0 amide bonds. The molecule has 21 heavy (non-hydrogen) atoms. The van der Waals surface area contributed by atoms with Crippen LogP contribution in [-0.4, -0.2) is 43.3 Å². The molecule has 7 heteroatoms. The molecule has 0 spiro atoms. The van der Waals surface area contributed by atoms with Crippen molar-refractivity contribution in [3.05, 3.63) is 22.9 Å². The molecule has 1 atom stereocenters. The number of nitrogens with zero attached hydrogens (tertiary/aromatic N) is 2. The molecular formula is C14H20N4O2S.